The molecule has 0 unspecified atom stereocenters. The topological polar surface area (TPSA) is 74.6 Å². The van der Waals surface area contributed by atoms with Gasteiger partial charge in [-0.1, -0.05) is 18.2 Å². The van der Waals surface area contributed by atoms with Crippen LogP contribution in [0, 0.1) is 0 Å². The van der Waals surface area contributed by atoms with E-state index in [1.54, 1.807) is 30.5 Å². The summed E-state index contributed by atoms with van der Waals surface area (Å²) in [5.41, 5.74) is 4.09. The minimum Gasteiger partial charge on any atom is -0.507 e. The van der Waals surface area contributed by atoms with Crippen LogP contribution in [0.1, 0.15) is 21.5 Å². The lowest BCUT2D eigenvalue weighted by molar-refractivity contribution is 0.0954. The van der Waals surface area contributed by atoms with Gasteiger partial charge in [0.1, 0.15) is 5.75 Å². The van der Waals surface area contributed by atoms with Gasteiger partial charge >= 0.3 is 0 Å². The van der Waals surface area contributed by atoms with Crippen LogP contribution >= 0.6 is 0 Å². The second-order valence-corrected chi connectivity index (χ2v) is 4.29. The molecule has 2 rings (SSSR count). The van der Waals surface area contributed by atoms with Crippen LogP contribution in [-0.2, 0) is 6.42 Å². The molecule has 1 aromatic heterocycles. The number of hydrazone groups is 1. The van der Waals surface area contributed by atoms with Gasteiger partial charge in [-0.3, -0.25) is 9.78 Å². The summed E-state index contributed by atoms with van der Waals surface area (Å²) < 4.78 is 0. The summed E-state index contributed by atoms with van der Waals surface area (Å²) in [5.74, 6) is -0.224. The first-order valence-corrected chi connectivity index (χ1v) is 6.37. The number of amides is 1. The van der Waals surface area contributed by atoms with Crippen LogP contribution < -0.4 is 5.43 Å². The summed E-state index contributed by atoms with van der Waals surface area (Å²) >= 11 is 0. The van der Waals surface area contributed by atoms with Crippen molar-refractivity contribution in [2.45, 2.75) is 6.42 Å². The van der Waals surface area contributed by atoms with E-state index in [0.717, 1.165) is 5.56 Å². The first-order valence-electron chi connectivity index (χ1n) is 6.37. The molecule has 0 bridgehead atoms. The number of carbonyl (C=O) groups is 1. The second-order valence-electron chi connectivity index (χ2n) is 4.29. The Morgan fingerprint density at radius 1 is 1.38 bits per heavy atom. The first kappa shape index (κ1) is 14.5. The lowest BCUT2D eigenvalue weighted by atomic mass is 10.1. The molecular weight excluding hydrogens is 266 g/mol. The summed E-state index contributed by atoms with van der Waals surface area (Å²) in [5, 5.41) is 13.9. The number of hydrogen-bond donors (Lipinski definition) is 2. The van der Waals surface area contributed by atoms with Crippen LogP contribution in [-0.4, -0.2) is 22.2 Å². The number of phenols is 1. The number of nitrogens with one attached hydrogen (secondary N) is 1. The predicted octanol–water partition coefficient (Wildman–Crippen LogP) is 2.28. The number of pyridine rings is 1. The molecule has 5 nitrogen and oxygen atoms in total. The average Bonchev–Trinajstić information content (AvgIpc) is 2.52. The molecule has 1 aromatic carbocycles. The van der Waals surface area contributed by atoms with E-state index in [4.69, 9.17) is 0 Å². The van der Waals surface area contributed by atoms with Crippen LogP contribution in [0.25, 0.3) is 0 Å². The van der Waals surface area contributed by atoms with Crippen molar-refractivity contribution >= 4 is 12.1 Å². The molecule has 1 amide bonds. The first-order chi connectivity index (χ1) is 10.2. The fraction of sp³-hybridized carbons (Fsp3) is 0.0625. The molecule has 106 valence electrons. The van der Waals surface area contributed by atoms with Crippen molar-refractivity contribution < 1.29 is 9.90 Å². The minimum atomic E-state index is -0.360. The average molecular weight is 281 g/mol. The molecule has 0 aliphatic rings. The summed E-state index contributed by atoms with van der Waals surface area (Å²) in [6, 6.07) is 8.64. The number of carbonyl (C=O) groups excluding carboxylic acids is 1. The van der Waals surface area contributed by atoms with Gasteiger partial charge in [-0.15, -0.1) is 6.58 Å². The molecule has 0 saturated carbocycles. The molecular formula is C16H15N3O2. The number of aromatic hydroxyl groups is 1. The van der Waals surface area contributed by atoms with Crippen molar-refractivity contribution in [1.29, 1.82) is 0 Å². The van der Waals surface area contributed by atoms with Crippen molar-refractivity contribution in [3.8, 4) is 5.75 Å². The Balaban J connectivity index is 2.07. The third kappa shape index (κ3) is 3.76. The third-order valence-electron chi connectivity index (χ3n) is 2.81. The van der Waals surface area contributed by atoms with Crippen molar-refractivity contribution in [3.05, 3.63) is 72.1 Å². The standard InChI is InChI=1S/C16H15N3O2/c1-2-5-12-6-3-7-13(15(12)20)11-18-19-16(21)14-8-4-9-17-10-14/h2-4,6-11,20H,1,5H2,(H,19,21)/b18-11-. The monoisotopic (exact) mass is 281 g/mol. The van der Waals surface area contributed by atoms with E-state index in [1.807, 2.05) is 12.1 Å². The van der Waals surface area contributed by atoms with Gasteiger partial charge in [0.25, 0.3) is 5.91 Å². The number of allylic oxidation sites excluding steroid dienone is 1. The van der Waals surface area contributed by atoms with E-state index in [1.165, 1.54) is 12.4 Å². The third-order valence-corrected chi connectivity index (χ3v) is 2.81. The number of nitrogens with zero attached hydrogens (tertiary/aromatic N) is 2. The molecule has 0 spiro atoms. The Morgan fingerprint density at radius 3 is 2.95 bits per heavy atom. The Morgan fingerprint density at radius 2 is 2.24 bits per heavy atom. The number of rotatable bonds is 5. The maximum atomic E-state index is 11.7. The summed E-state index contributed by atoms with van der Waals surface area (Å²) in [7, 11) is 0. The highest BCUT2D eigenvalue weighted by molar-refractivity contribution is 5.94. The van der Waals surface area contributed by atoms with Crippen molar-refractivity contribution in [2.24, 2.45) is 5.10 Å². The molecule has 0 fully saturated rings. The van der Waals surface area contributed by atoms with Gasteiger partial charge in [0.05, 0.1) is 11.8 Å². The van der Waals surface area contributed by atoms with E-state index < -0.39 is 0 Å². The van der Waals surface area contributed by atoms with Gasteiger partial charge in [0, 0.05) is 18.0 Å². The van der Waals surface area contributed by atoms with Crippen LogP contribution in [0.2, 0.25) is 0 Å². The van der Waals surface area contributed by atoms with E-state index in [-0.39, 0.29) is 11.7 Å². The van der Waals surface area contributed by atoms with Crippen LogP contribution in [0.4, 0.5) is 0 Å². The zero-order chi connectivity index (χ0) is 15.1. The van der Waals surface area contributed by atoms with Crippen molar-refractivity contribution in [1.82, 2.24) is 10.4 Å². The molecule has 21 heavy (non-hydrogen) atoms. The Bertz CT molecular complexity index is 666. The van der Waals surface area contributed by atoms with Gasteiger partial charge in [0.2, 0.25) is 0 Å². The molecule has 0 atom stereocenters. The fourth-order valence-corrected chi connectivity index (χ4v) is 1.76. The molecule has 1 heterocycles. The number of benzene rings is 1. The summed E-state index contributed by atoms with van der Waals surface area (Å²) in [4.78, 5) is 15.6. The van der Waals surface area contributed by atoms with E-state index >= 15 is 0 Å². The van der Waals surface area contributed by atoms with Gasteiger partial charge < -0.3 is 5.11 Å². The minimum absolute atomic E-state index is 0.136. The lowest BCUT2D eigenvalue weighted by Gasteiger charge is -2.04. The largest absolute Gasteiger partial charge is 0.507 e. The molecule has 5 heteroatoms. The fourth-order valence-electron chi connectivity index (χ4n) is 1.76. The molecule has 0 saturated heterocycles. The number of aromatic nitrogens is 1. The highest BCUT2D eigenvalue weighted by atomic mass is 16.3. The summed E-state index contributed by atoms with van der Waals surface area (Å²) in [6.07, 6.45) is 6.71. The number of phenolic OH excluding ortho intramolecular Hbond substituents is 1. The van der Waals surface area contributed by atoms with Gasteiger partial charge in [0.15, 0.2) is 0 Å². The van der Waals surface area contributed by atoms with E-state index in [9.17, 15) is 9.90 Å². The molecule has 0 aliphatic heterocycles. The zero-order valence-corrected chi connectivity index (χ0v) is 11.4. The maximum Gasteiger partial charge on any atom is 0.272 e. The Kier molecular flexibility index (Phi) is 4.82. The molecule has 2 N–H and O–H groups in total. The van der Waals surface area contributed by atoms with Gasteiger partial charge in [-0.25, -0.2) is 5.43 Å². The van der Waals surface area contributed by atoms with Gasteiger partial charge in [-0.2, -0.15) is 5.10 Å². The van der Waals surface area contributed by atoms with Crippen LogP contribution in [0.15, 0.2) is 60.5 Å². The Hall–Kier alpha value is -2.95. The highest BCUT2D eigenvalue weighted by Gasteiger charge is 2.05. The van der Waals surface area contributed by atoms with Crippen molar-refractivity contribution in [3.63, 3.8) is 0 Å². The molecule has 0 radical (unpaired) electrons. The van der Waals surface area contributed by atoms with Crippen LogP contribution in [0.5, 0.6) is 5.75 Å². The Labute approximate surface area is 122 Å². The van der Waals surface area contributed by atoms with Crippen LogP contribution in [0.3, 0.4) is 0 Å². The van der Waals surface area contributed by atoms with Gasteiger partial charge in [-0.05, 0) is 30.2 Å². The highest BCUT2D eigenvalue weighted by Crippen LogP contribution is 2.21. The zero-order valence-electron chi connectivity index (χ0n) is 11.4. The quantitative estimate of drug-likeness (QED) is 0.501. The van der Waals surface area contributed by atoms with E-state index in [2.05, 4.69) is 22.1 Å². The number of para-hydroxylation sites is 1. The molecule has 0 aliphatic carbocycles. The predicted molar refractivity (Wildman–Crippen MR) is 81.3 cm³/mol. The van der Waals surface area contributed by atoms with E-state index in [0.29, 0.717) is 17.5 Å². The number of hydrogen-bond acceptors (Lipinski definition) is 4. The lowest BCUT2D eigenvalue weighted by Crippen LogP contribution is -2.17. The normalized spacial score (nSPS) is 10.5. The SMILES string of the molecule is C=CCc1cccc(/C=N\NC(=O)c2cccnc2)c1O. The summed E-state index contributed by atoms with van der Waals surface area (Å²) in [6.45, 7) is 3.64. The smallest absolute Gasteiger partial charge is 0.272 e. The maximum absolute atomic E-state index is 11.7. The van der Waals surface area contributed by atoms with Crippen molar-refractivity contribution in [2.75, 3.05) is 0 Å². The molecule has 2 aromatic rings. The second kappa shape index (κ2) is 7.00.